The van der Waals surface area contributed by atoms with E-state index < -0.39 is 38.2 Å². The molecular weight excluding hydrogens is 528 g/mol. The number of hydroxylamine groups is 1. The minimum atomic E-state index is -4.22. The number of sulfonamides is 1. The van der Waals surface area contributed by atoms with Gasteiger partial charge in [0.15, 0.2) is 9.84 Å². The van der Waals surface area contributed by atoms with Crippen LogP contribution < -0.4 is 15.6 Å². The summed E-state index contributed by atoms with van der Waals surface area (Å²) in [6.07, 6.45) is 0.867. The van der Waals surface area contributed by atoms with Crippen LogP contribution in [0.15, 0.2) is 58.3 Å². The Morgan fingerprint density at radius 1 is 0.946 bits per heavy atom. The third kappa shape index (κ3) is 8.21. The van der Waals surface area contributed by atoms with Crippen LogP contribution in [0.5, 0.6) is 11.5 Å². The highest BCUT2D eigenvalue weighted by Crippen LogP contribution is 2.25. The van der Waals surface area contributed by atoms with Crippen LogP contribution in [-0.2, 0) is 34.2 Å². The number of sulfone groups is 1. The highest BCUT2D eigenvalue weighted by atomic mass is 32.2. The summed E-state index contributed by atoms with van der Waals surface area (Å²) < 4.78 is 61.2. The Bertz CT molecular complexity index is 1290. The van der Waals surface area contributed by atoms with Gasteiger partial charge in [-0.15, -0.1) is 0 Å². The van der Waals surface area contributed by atoms with Crippen LogP contribution >= 0.6 is 0 Å². The maximum Gasteiger partial charge on any atom is 0.258 e. The van der Waals surface area contributed by atoms with Crippen LogP contribution in [-0.4, -0.2) is 88.8 Å². The molecule has 0 radical (unpaired) electrons. The number of nitrogens with zero attached hydrogens (tertiary/aromatic N) is 2. The van der Waals surface area contributed by atoms with Crippen LogP contribution in [0, 0.1) is 0 Å². The maximum absolute atomic E-state index is 13.2. The van der Waals surface area contributed by atoms with Crippen molar-refractivity contribution in [3.8, 4) is 11.5 Å². The Morgan fingerprint density at radius 2 is 1.49 bits per heavy atom. The molecule has 3 rings (SSSR count). The quantitative estimate of drug-likeness (QED) is 0.255. The lowest BCUT2D eigenvalue weighted by molar-refractivity contribution is -0.131. The Labute approximate surface area is 214 Å². The summed E-state index contributed by atoms with van der Waals surface area (Å²) >= 11 is 0. The Morgan fingerprint density at radius 3 is 2.00 bits per heavy atom. The first-order valence-electron chi connectivity index (χ1n) is 11.1. The smallest absolute Gasteiger partial charge is 0.258 e. The van der Waals surface area contributed by atoms with Gasteiger partial charge in [-0.1, -0.05) is 0 Å². The number of carbonyl (C=O) groups is 2. The molecule has 1 fully saturated rings. The fourth-order valence-electron chi connectivity index (χ4n) is 3.33. The monoisotopic (exact) mass is 556 g/mol. The fraction of sp³-hybridized carbons (Fsp3) is 0.364. The standard InChI is InChI=1S/C22H28N4O9S2/c1-36(30,31)19-6-2-17(3-7-19)35-18-4-8-20(9-5-18)37(32,33)26(16-22(28)24-29)11-10-21(27)23-25-12-14-34-15-13-25/h2-9,29H,10-16H2,1H3,(H,23,27)(H,24,28). The SMILES string of the molecule is CS(=O)(=O)c1ccc(Oc2ccc(S(=O)(=O)N(CCC(=O)NN3CCOCC3)CC(=O)NO)cc2)cc1. The average Bonchev–Trinajstić information content (AvgIpc) is 2.87. The van der Waals surface area contributed by atoms with E-state index in [4.69, 9.17) is 14.7 Å². The van der Waals surface area contributed by atoms with Gasteiger partial charge in [-0.25, -0.2) is 27.3 Å². The summed E-state index contributed by atoms with van der Waals surface area (Å²) in [6, 6.07) is 11.1. The number of ether oxygens (including phenoxy) is 2. The minimum absolute atomic E-state index is 0.131. The molecule has 0 spiro atoms. The molecule has 0 aromatic heterocycles. The van der Waals surface area contributed by atoms with Crippen molar-refractivity contribution >= 4 is 31.7 Å². The molecule has 0 atom stereocenters. The lowest BCUT2D eigenvalue weighted by atomic mass is 10.3. The van der Waals surface area contributed by atoms with E-state index in [2.05, 4.69) is 5.43 Å². The van der Waals surface area contributed by atoms with E-state index in [0.717, 1.165) is 10.6 Å². The van der Waals surface area contributed by atoms with Gasteiger partial charge in [0.05, 0.1) is 29.5 Å². The number of carbonyl (C=O) groups excluding carboxylic acids is 2. The molecule has 2 aromatic rings. The largest absolute Gasteiger partial charge is 0.457 e. The summed E-state index contributed by atoms with van der Waals surface area (Å²) in [5, 5.41) is 10.5. The molecule has 0 aliphatic carbocycles. The predicted molar refractivity (Wildman–Crippen MR) is 130 cm³/mol. The van der Waals surface area contributed by atoms with E-state index in [-0.39, 0.29) is 28.5 Å². The van der Waals surface area contributed by atoms with E-state index in [1.807, 2.05) is 0 Å². The van der Waals surface area contributed by atoms with Crippen molar-refractivity contribution in [1.82, 2.24) is 20.2 Å². The first kappa shape index (κ1) is 28.5. The molecule has 0 saturated carbocycles. The summed E-state index contributed by atoms with van der Waals surface area (Å²) in [5.74, 6) is -0.766. The van der Waals surface area contributed by atoms with E-state index >= 15 is 0 Å². The van der Waals surface area contributed by atoms with E-state index in [9.17, 15) is 26.4 Å². The third-order valence-corrected chi connectivity index (χ3v) is 8.26. The first-order chi connectivity index (χ1) is 17.5. The molecule has 0 unspecified atom stereocenters. The summed E-state index contributed by atoms with van der Waals surface area (Å²) in [4.78, 5) is 24.0. The average molecular weight is 557 g/mol. The van der Waals surface area contributed by atoms with Crippen molar-refractivity contribution < 1.29 is 41.1 Å². The number of amides is 2. The molecular formula is C22H28N4O9S2. The molecule has 37 heavy (non-hydrogen) atoms. The normalized spacial score (nSPS) is 14.8. The Hall–Kier alpha value is -3.08. The molecule has 1 aliphatic rings. The second-order valence-corrected chi connectivity index (χ2v) is 12.0. The number of hydrazine groups is 1. The van der Waals surface area contributed by atoms with Crippen molar-refractivity contribution in [2.75, 3.05) is 45.6 Å². The summed E-state index contributed by atoms with van der Waals surface area (Å²) in [6.45, 7) is 0.908. The number of nitrogens with one attached hydrogen (secondary N) is 2. The molecule has 1 saturated heterocycles. The molecule has 15 heteroatoms. The maximum atomic E-state index is 13.2. The van der Waals surface area contributed by atoms with Gasteiger partial charge >= 0.3 is 0 Å². The molecule has 3 N–H and O–H groups in total. The Kier molecular flexibility index (Phi) is 9.58. The molecule has 1 heterocycles. The van der Waals surface area contributed by atoms with Gasteiger partial charge in [-0.3, -0.25) is 20.2 Å². The highest BCUT2D eigenvalue weighted by Gasteiger charge is 2.27. The van der Waals surface area contributed by atoms with Gasteiger partial charge in [-0.2, -0.15) is 4.31 Å². The van der Waals surface area contributed by atoms with Gasteiger partial charge in [0, 0.05) is 32.3 Å². The van der Waals surface area contributed by atoms with Gasteiger partial charge in [0.2, 0.25) is 15.9 Å². The Balaban J connectivity index is 1.68. The van der Waals surface area contributed by atoms with Crippen LogP contribution in [0.3, 0.4) is 0 Å². The lowest BCUT2D eigenvalue weighted by Gasteiger charge is -2.27. The minimum Gasteiger partial charge on any atom is -0.457 e. The zero-order valence-electron chi connectivity index (χ0n) is 20.0. The summed E-state index contributed by atoms with van der Waals surface area (Å²) in [5.41, 5.74) is 4.06. The van der Waals surface area contributed by atoms with Gasteiger partial charge in [0.1, 0.15) is 11.5 Å². The van der Waals surface area contributed by atoms with Crippen LogP contribution in [0.1, 0.15) is 6.42 Å². The van der Waals surface area contributed by atoms with Gasteiger partial charge < -0.3 is 9.47 Å². The number of benzene rings is 2. The van der Waals surface area contributed by atoms with Crippen LogP contribution in [0.4, 0.5) is 0 Å². The zero-order chi connectivity index (χ0) is 27.1. The first-order valence-corrected chi connectivity index (χ1v) is 14.5. The van der Waals surface area contributed by atoms with Crippen LogP contribution in [0.2, 0.25) is 0 Å². The van der Waals surface area contributed by atoms with Crippen molar-refractivity contribution in [1.29, 1.82) is 0 Å². The summed E-state index contributed by atoms with van der Waals surface area (Å²) in [7, 11) is -7.58. The van der Waals surface area contributed by atoms with Crippen molar-refractivity contribution in [3.63, 3.8) is 0 Å². The number of hydrogen-bond acceptors (Lipinski definition) is 10. The van der Waals surface area contributed by atoms with E-state index in [1.165, 1.54) is 54.0 Å². The van der Waals surface area contributed by atoms with E-state index in [0.29, 0.717) is 32.1 Å². The zero-order valence-corrected chi connectivity index (χ0v) is 21.6. The van der Waals surface area contributed by atoms with Crippen LogP contribution in [0.25, 0.3) is 0 Å². The molecule has 202 valence electrons. The second-order valence-electron chi connectivity index (χ2n) is 8.08. The number of hydrogen-bond donors (Lipinski definition) is 3. The number of rotatable bonds is 11. The molecule has 1 aliphatic heterocycles. The highest BCUT2D eigenvalue weighted by molar-refractivity contribution is 7.90. The van der Waals surface area contributed by atoms with Gasteiger partial charge in [0.25, 0.3) is 5.91 Å². The topological polar surface area (TPSA) is 172 Å². The molecule has 2 aromatic carbocycles. The van der Waals surface area contributed by atoms with Gasteiger partial charge in [-0.05, 0) is 48.5 Å². The number of morpholine rings is 1. The van der Waals surface area contributed by atoms with Crippen molar-refractivity contribution in [2.45, 2.75) is 16.2 Å². The molecule has 0 bridgehead atoms. The molecule has 13 nitrogen and oxygen atoms in total. The second kappa shape index (κ2) is 12.4. The third-order valence-electron chi connectivity index (χ3n) is 5.28. The fourth-order valence-corrected chi connectivity index (χ4v) is 5.36. The van der Waals surface area contributed by atoms with E-state index in [1.54, 1.807) is 5.01 Å². The predicted octanol–water partition coefficient (Wildman–Crippen LogP) is 0.132. The van der Waals surface area contributed by atoms with Crippen molar-refractivity contribution in [2.24, 2.45) is 0 Å². The lowest BCUT2D eigenvalue weighted by Crippen LogP contribution is -2.49. The van der Waals surface area contributed by atoms with Crippen molar-refractivity contribution in [3.05, 3.63) is 48.5 Å². The molecule has 2 amide bonds.